The van der Waals surface area contributed by atoms with Crippen LogP contribution in [0.4, 0.5) is 4.39 Å². The van der Waals surface area contributed by atoms with Gasteiger partial charge in [0.2, 0.25) is 5.91 Å². The zero-order valence-corrected chi connectivity index (χ0v) is 12.2. The first-order valence-corrected chi connectivity index (χ1v) is 6.46. The zero-order chi connectivity index (χ0) is 15.1. The van der Waals surface area contributed by atoms with Gasteiger partial charge in [-0.05, 0) is 25.1 Å². The highest BCUT2D eigenvalue weighted by Gasteiger charge is 2.16. The molecule has 0 spiro atoms. The van der Waals surface area contributed by atoms with E-state index < -0.39 is 17.8 Å². The Kier molecular flexibility index (Phi) is 6.47. The molecule has 5 nitrogen and oxygen atoms in total. The van der Waals surface area contributed by atoms with Gasteiger partial charge in [0.1, 0.15) is 11.9 Å². The number of hydrogen-bond acceptors (Lipinski definition) is 4. The second-order valence-electron chi connectivity index (χ2n) is 4.15. The first kappa shape index (κ1) is 16.5. The standard InChI is InChI=1S/C13H17FN2O3S/c1-8(12(17)15-5-6-19-2)16-13(18)9-3-4-10(14)11(20)7-9/h3-4,7-8,20H,5-6H2,1-2H3,(H,15,17)(H,16,18). The molecule has 2 amide bonds. The third kappa shape index (κ3) is 4.82. The van der Waals surface area contributed by atoms with Crippen LogP contribution in [0.3, 0.4) is 0 Å². The predicted octanol–water partition coefficient (Wildman–Crippen LogP) is 0.995. The molecule has 2 N–H and O–H groups in total. The Labute approximate surface area is 122 Å². The van der Waals surface area contributed by atoms with E-state index in [9.17, 15) is 14.0 Å². The van der Waals surface area contributed by atoms with E-state index in [1.807, 2.05) is 0 Å². The summed E-state index contributed by atoms with van der Waals surface area (Å²) >= 11 is 3.90. The average Bonchev–Trinajstić information content (AvgIpc) is 2.41. The molecular formula is C13H17FN2O3S. The normalized spacial score (nSPS) is 11.8. The number of carbonyl (C=O) groups is 2. The quantitative estimate of drug-likeness (QED) is 0.542. The Morgan fingerprint density at radius 3 is 2.75 bits per heavy atom. The maximum absolute atomic E-state index is 13.0. The topological polar surface area (TPSA) is 67.4 Å². The Balaban J connectivity index is 2.56. The molecule has 0 aromatic heterocycles. The number of thiol groups is 1. The third-order valence-corrected chi connectivity index (χ3v) is 2.90. The number of methoxy groups -OCH3 is 1. The van der Waals surface area contributed by atoms with Crippen LogP contribution in [-0.4, -0.2) is 38.1 Å². The minimum Gasteiger partial charge on any atom is -0.383 e. The third-order valence-electron chi connectivity index (χ3n) is 2.55. The molecule has 110 valence electrons. The van der Waals surface area contributed by atoms with Crippen LogP contribution in [0.25, 0.3) is 0 Å². The number of nitrogens with one attached hydrogen (secondary N) is 2. The lowest BCUT2D eigenvalue weighted by Crippen LogP contribution is -2.45. The first-order valence-electron chi connectivity index (χ1n) is 6.01. The number of amides is 2. The number of carbonyl (C=O) groups excluding carboxylic acids is 2. The lowest BCUT2D eigenvalue weighted by molar-refractivity contribution is -0.122. The number of ether oxygens (including phenoxy) is 1. The van der Waals surface area contributed by atoms with Gasteiger partial charge in [-0.3, -0.25) is 9.59 Å². The predicted molar refractivity (Wildman–Crippen MR) is 75.5 cm³/mol. The highest BCUT2D eigenvalue weighted by atomic mass is 32.1. The van der Waals surface area contributed by atoms with E-state index in [1.165, 1.54) is 19.2 Å². The van der Waals surface area contributed by atoms with Crippen molar-refractivity contribution in [2.75, 3.05) is 20.3 Å². The summed E-state index contributed by atoms with van der Waals surface area (Å²) in [6.07, 6.45) is 0. The van der Waals surface area contributed by atoms with Crippen LogP contribution < -0.4 is 10.6 Å². The molecule has 0 aliphatic heterocycles. The van der Waals surface area contributed by atoms with E-state index in [0.29, 0.717) is 13.2 Å². The highest BCUT2D eigenvalue weighted by Crippen LogP contribution is 2.14. The minimum atomic E-state index is -0.701. The van der Waals surface area contributed by atoms with Gasteiger partial charge in [0.25, 0.3) is 5.91 Å². The zero-order valence-electron chi connectivity index (χ0n) is 11.3. The highest BCUT2D eigenvalue weighted by molar-refractivity contribution is 7.80. The molecule has 0 aliphatic carbocycles. The largest absolute Gasteiger partial charge is 0.383 e. The van der Waals surface area contributed by atoms with Crippen LogP contribution in [0.5, 0.6) is 0 Å². The smallest absolute Gasteiger partial charge is 0.251 e. The van der Waals surface area contributed by atoms with Gasteiger partial charge in [-0.1, -0.05) is 0 Å². The summed E-state index contributed by atoms with van der Waals surface area (Å²) in [7, 11) is 1.53. The van der Waals surface area contributed by atoms with Crippen molar-refractivity contribution in [1.29, 1.82) is 0 Å². The molecule has 1 rings (SSSR count). The molecule has 0 radical (unpaired) electrons. The summed E-state index contributed by atoms with van der Waals surface area (Å²) < 4.78 is 17.8. The summed E-state index contributed by atoms with van der Waals surface area (Å²) in [5.41, 5.74) is 0.243. The van der Waals surface area contributed by atoms with Gasteiger partial charge in [-0.2, -0.15) is 0 Å². The van der Waals surface area contributed by atoms with Gasteiger partial charge in [-0.15, -0.1) is 12.6 Å². The molecular weight excluding hydrogens is 283 g/mol. The monoisotopic (exact) mass is 300 g/mol. The van der Waals surface area contributed by atoms with Gasteiger partial charge in [0, 0.05) is 24.1 Å². The molecule has 7 heteroatoms. The fourth-order valence-electron chi connectivity index (χ4n) is 1.43. The second-order valence-corrected chi connectivity index (χ2v) is 4.63. The van der Waals surface area contributed by atoms with Crippen LogP contribution in [0.1, 0.15) is 17.3 Å². The van der Waals surface area contributed by atoms with E-state index in [0.717, 1.165) is 6.07 Å². The van der Waals surface area contributed by atoms with Crippen molar-refractivity contribution in [1.82, 2.24) is 10.6 Å². The molecule has 0 saturated carbocycles. The van der Waals surface area contributed by atoms with E-state index in [1.54, 1.807) is 6.92 Å². The van der Waals surface area contributed by atoms with Gasteiger partial charge in [0.05, 0.1) is 6.61 Å². The van der Waals surface area contributed by atoms with Crippen molar-refractivity contribution in [2.24, 2.45) is 0 Å². The summed E-state index contributed by atoms with van der Waals surface area (Å²) in [5.74, 6) is -1.28. The van der Waals surface area contributed by atoms with Crippen molar-refractivity contribution in [3.05, 3.63) is 29.6 Å². The Morgan fingerprint density at radius 1 is 1.45 bits per heavy atom. The molecule has 0 aliphatic rings. The number of halogens is 1. The average molecular weight is 300 g/mol. The molecule has 0 fully saturated rings. The Morgan fingerprint density at radius 2 is 2.15 bits per heavy atom. The van der Waals surface area contributed by atoms with E-state index >= 15 is 0 Å². The number of benzene rings is 1. The fourth-order valence-corrected chi connectivity index (χ4v) is 1.64. The molecule has 0 bridgehead atoms. The summed E-state index contributed by atoms with van der Waals surface area (Å²) in [6.45, 7) is 2.32. The lowest BCUT2D eigenvalue weighted by Gasteiger charge is -2.14. The Bertz CT molecular complexity index is 497. The van der Waals surface area contributed by atoms with Crippen LogP contribution in [0.15, 0.2) is 23.1 Å². The van der Waals surface area contributed by atoms with E-state index in [2.05, 4.69) is 23.3 Å². The van der Waals surface area contributed by atoms with Crippen molar-refractivity contribution >= 4 is 24.4 Å². The first-order chi connectivity index (χ1) is 9.45. The van der Waals surface area contributed by atoms with Gasteiger partial charge >= 0.3 is 0 Å². The second kappa shape index (κ2) is 7.86. The molecule has 1 aromatic carbocycles. The summed E-state index contributed by atoms with van der Waals surface area (Å²) in [5, 5.41) is 5.13. The van der Waals surface area contributed by atoms with Gasteiger partial charge in [-0.25, -0.2) is 4.39 Å². The van der Waals surface area contributed by atoms with Crippen LogP contribution in [0, 0.1) is 5.82 Å². The Hall–Kier alpha value is -1.60. The van der Waals surface area contributed by atoms with Crippen molar-refractivity contribution in [3.8, 4) is 0 Å². The van der Waals surface area contributed by atoms with Crippen LogP contribution in [0.2, 0.25) is 0 Å². The molecule has 0 saturated heterocycles. The lowest BCUT2D eigenvalue weighted by atomic mass is 10.2. The molecule has 1 aromatic rings. The molecule has 1 unspecified atom stereocenters. The van der Waals surface area contributed by atoms with E-state index in [4.69, 9.17) is 4.74 Å². The fraction of sp³-hybridized carbons (Fsp3) is 0.385. The van der Waals surface area contributed by atoms with Crippen molar-refractivity contribution < 1.29 is 18.7 Å². The van der Waals surface area contributed by atoms with E-state index in [-0.39, 0.29) is 16.4 Å². The summed E-state index contributed by atoms with van der Waals surface area (Å²) in [6, 6.07) is 3.09. The maximum Gasteiger partial charge on any atom is 0.251 e. The minimum absolute atomic E-state index is 0.0786. The number of rotatable bonds is 6. The van der Waals surface area contributed by atoms with Crippen molar-refractivity contribution in [3.63, 3.8) is 0 Å². The van der Waals surface area contributed by atoms with Crippen LogP contribution >= 0.6 is 12.6 Å². The molecule has 20 heavy (non-hydrogen) atoms. The number of hydrogen-bond donors (Lipinski definition) is 3. The van der Waals surface area contributed by atoms with Crippen LogP contribution in [-0.2, 0) is 9.53 Å². The van der Waals surface area contributed by atoms with Gasteiger partial charge in [0.15, 0.2) is 0 Å². The molecule has 0 heterocycles. The molecule has 1 atom stereocenters. The van der Waals surface area contributed by atoms with Gasteiger partial charge < -0.3 is 15.4 Å². The SMILES string of the molecule is COCCNC(=O)C(C)NC(=O)c1ccc(F)c(S)c1. The maximum atomic E-state index is 13.0. The summed E-state index contributed by atoms with van der Waals surface area (Å²) in [4.78, 5) is 23.6. The van der Waals surface area contributed by atoms with Crippen molar-refractivity contribution in [2.45, 2.75) is 17.9 Å².